The molecule has 0 saturated carbocycles. The van der Waals surface area contributed by atoms with Gasteiger partial charge >= 0.3 is 5.97 Å². The van der Waals surface area contributed by atoms with Crippen LogP contribution in [0.3, 0.4) is 0 Å². The molecule has 0 saturated heterocycles. The Hall–Kier alpha value is -3.19. The number of ether oxygens (including phenoxy) is 1. The molecule has 0 radical (unpaired) electrons. The second-order valence-electron chi connectivity index (χ2n) is 5.25. The first kappa shape index (κ1) is 17.6. The predicted octanol–water partition coefficient (Wildman–Crippen LogP) is 3.46. The number of esters is 1. The number of nitrogens with one attached hydrogen (secondary N) is 1. The van der Waals surface area contributed by atoms with E-state index in [1.54, 1.807) is 47.4 Å². The summed E-state index contributed by atoms with van der Waals surface area (Å²) in [5.41, 5.74) is 1.32. The van der Waals surface area contributed by atoms with Crippen LogP contribution in [0, 0.1) is 5.82 Å². The second-order valence-corrected chi connectivity index (χ2v) is 5.65. The number of anilines is 1. The highest BCUT2D eigenvalue weighted by Crippen LogP contribution is 2.22. The maximum Gasteiger partial charge on any atom is 0.338 e. The first-order chi connectivity index (χ1) is 12.5. The van der Waals surface area contributed by atoms with Gasteiger partial charge in [0.05, 0.1) is 22.0 Å². The number of carbonyl (C=O) groups is 2. The average molecular weight is 374 g/mol. The van der Waals surface area contributed by atoms with Crippen LogP contribution in [0.25, 0.3) is 5.69 Å². The van der Waals surface area contributed by atoms with Gasteiger partial charge < -0.3 is 10.1 Å². The number of amides is 1. The summed E-state index contributed by atoms with van der Waals surface area (Å²) >= 11 is 5.82. The van der Waals surface area contributed by atoms with Gasteiger partial charge in [-0.15, -0.1) is 0 Å². The monoisotopic (exact) mass is 373 g/mol. The Balaban J connectivity index is 1.55. The fourth-order valence-electron chi connectivity index (χ4n) is 2.16. The third-order valence-electron chi connectivity index (χ3n) is 3.41. The number of hydrogen-bond donors (Lipinski definition) is 1. The Bertz CT molecular complexity index is 927. The van der Waals surface area contributed by atoms with Gasteiger partial charge in [-0.05, 0) is 48.5 Å². The first-order valence-corrected chi connectivity index (χ1v) is 7.93. The maximum atomic E-state index is 13.0. The topological polar surface area (TPSA) is 73.2 Å². The molecule has 0 unspecified atom stereocenters. The van der Waals surface area contributed by atoms with Crippen molar-refractivity contribution < 1.29 is 18.7 Å². The van der Waals surface area contributed by atoms with E-state index in [-0.39, 0.29) is 10.7 Å². The van der Waals surface area contributed by atoms with Gasteiger partial charge in [-0.1, -0.05) is 11.6 Å². The molecule has 0 atom stereocenters. The van der Waals surface area contributed by atoms with Crippen molar-refractivity contribution in [3.8, 4) is 5.69 Å². The van der Waals surface area contributed by atoms with Crippen molar-refractivity contribution in [1.82, 2.24) is 9.78 Å². The van der Waals surface area contributed by atoms with Gasteiger partial charge in [-0.25, -0.2) is 13.9 Å². The number of nitrogens with zero attached hydrogens (tertiary/aromatic N) is 2. The van der Waals surface area contributed by atoms with Crippen molar-refractivity contribution in [2.24, 2.45) is 0 Å². The van der Waals surface area contributed by atoms with Crippen LogP contribution in [0.1, 0.15) is 10.4 Å². The molecule has 0 aliphatic rings. The number of halogens is 2. The summed E-state index contributed by atoms with van der Waals surface area (Å²) in [5.74, 6) is -1.74. The first-order valence-electron chi connectivity index (χ1n) is 7.55. The second kappa shape index (κ2) is 7.79. The zero-order valence-electron chi connectivity index (χ0n) is 13.4. The third-order valence-corrected chi connectivity index (χ3v) is 3.72. The number of rotatable bonds is 5. The molecular formula is C18H13ClFN3O3. The molecule has 0 aliphatic heterocycles. The summed E-state index contributed by atoms with van der Waals surface area (Å²) in [7, 11) is 0. The summed E-state index contributed by atoms with van der Waals surface area (Å²) in [6.45, 7) is -0.493. The van der Waals surface area contributed by atoms with E-state index < -0.39 is 24.3 Å². The molecular weight excluding hydrogens is 361 g/mol. The van der Waals surface area contributed by atoms with Gasteiger partial charge in [0, 0.05) is 12.4 Å². The minimum absolute atomic E-state index is 0.0545. The lowest BCUT2D eigenvalue weighted by Gasteiger charge is -2.08. The van der Waals surface area contributed by atoms with Crippen molar-refractivity contribution in [2.75, 3.05) is 11.9 Å². The van der Waals surface area contributed by atoms with E-state index in [1.165, 1.54) is 6.07 Å². The van der Waals surface area contributed by atoms with E-state index in [0.717, 1.165) is 17.8 Å². The lowest BCUT2D eigenvalue weighted by atomic mass is 10.2. The van der Waals surface area contributed by atoms with Gasteiger partial charge in [0.15, 0.2) is 6.61 Å². The highest BCUT2D eigenvalue weighted by molar-refractivity contribution is 6.33. The number of aromatic nitrogens is 2. The van der Waals surface area contributed by atoms with E-state index in [4.69, 9.17) is 16.3 Å². The number of benzene rings is 2. The molecule has 8 heteroatoms. The Morgan fingerprint density at radius 2 is 1.96 bits per heavy atom. The summed E-state index contributed by atoms with van der Waals surface area (Å²) in [6, 6.07) is 11.9. The van der Waals surface area contributed by atoms with Crippen LogP contribution in [0.4, 0.5) is 10.1 Å². The summed E-state index contributed by atoms with van der Waals surface area (Å²) < 4.78 is 19.6. The van der Waals surface area contributed by atoms with Gasteiger partial charge in [0.2, 0.25) is 0 Å². The molecule has 132 valence electrons. The fourth-order valence-corrected chi connectivity index (χ4v) is 2.38. The number of hydrogen-bond acceptors (Lipinski definition) is 4. The van der Waals surface area contributed by atoms with E-state index in [2.05, 4.69) is 10.4 Å². The van der Waals surface area contributed by atoms with Crippen molar-refractivity contribution in [1.29, 1.82) is 0 Å². The Morgan fingerprint density at radius 1 is 1.19 bits per heavy atom. The van der Waals surface area contributed by atoms with Crippen LogP contribution in [0.2, 0.25) is 5.02 Å². The van der Waals surface area contributed by atoms with Gasteiger partial charge in [0.1, 0.15) is 5.82 Å². The van der Waals surface area contributed by atoms with Crippen LogP contribution in [0.5, 0.6) is 0 Å². The van der Waals surface area contributed by atoms with Crippen LogP contribution in [0.15, 0.2) is 60.9 Å². The molecule has 1 amide bonds. The molecule has 0 spiro atoms. The molecule has 3 rings (SSSR count). The molecule has 1 N–H and O–H groups in total. The van der Waals surface area contributed by atoms with Crippen LogP contribution in [-0.4, -0.2) is 28.3 Å². The quantitative estimate of drug-likeness (QED) is 0.695. The van der Waals surface area contributed by atoms with Crippen LogP contribution in [-0.2, 0) is 9.53 Å². The highest BCUT2D eigenvalue weighted by atomic mass is 35.5. The van der Waals surface area contributed by atoms with Gasteiger partial charge in [0.25, 0.3) is 5.91 Å². The lowest BCUT2D eigenvalue weighted by Crippen LogP contribution is -2.21. The molecule has 3 aromatic rings. The van der Waals surface area contributed by atoms with Gasteiger partial charge in [-0.3, -0.25) is 4.79 Å². The Morgan fingerprint density at radius 3 is 2.62 bits per heavy atom. The maximum absolute atomic E-state index is 13.0. The van der Waals surface area contributed by atoms with Crippen molar-refractivity contribution in [3.63, 3.8) is 0 Å². The smallest absolute Gasteiger partial charge is 0.338 e. The van der Waals surface area contributed by atoms with Crippen LogP contribution >= 0.6 is 11.6 Å². The van der Waals surface area contributed by atoms with E-state index in [0.29, 0.717) is 5.56 Å². The number of carbonyl (C=O) groups excluding carboxylic acids is 2. The molecule has 0 bridgehead atoms. The molecule has 0 aliphatic carbocycles. The third kappa shape index (κ3) is 4.25. The van der Waals surface area contributed by atoms with Crippen molar-refractivity contribution >= 4 is 29.2 Å². The molecule has 0 fully saturated rings. The minimum atomic E-state index is -0.641. The van der Waals surface area contributed by atoms with Crippen molar-refractivity contribution in [3.05, 3.63) is 77.3 Å². The Kier molecular flexibility index (Phi) is 5.28. The average Bonchev–Trinajstić information content (AvgIpc) is 3.17. The van der Waals surface area contributed by atoms with E-state index in [9.17, 15) is 14.0 Å². The predicted molar refractivity (Wildman–Crippen MR) is 93.9 cm³/mol. The Labute approximate surface area is 153 Å². The summed E-state index contributed by atoms with van der Waals surface area (Å²) in [6.07, 6.45) is 3.42. The molecule has 2 aromatic carbocycles. The van der Waals surface area contributed by atoms with Crippen LogP contribution < -0.4 is 5.32 Å². The zero-order chi connectivity index (χ0) is 18.5. The molecule has 1 aromatic heterocycles. The summed E-state index contributed by atoms with van der Waals surface area (Å²) in [4.78, 5) is 23.9. The van der Waals surface area contributed by atoms with Gasteiger partial charge in [-0.2, -0.15) is 5.10 Å². The molecule has 6 nitrogen and oxygen atoms in total. The largest absolute Gasteiger partial charge is 0.452 e. The fraction of sp³-hybridized carbons (Fsp3) is 0.0556. The normalized spacial score (nSPS) is 10.4. The standard InChI is InChI=1S/C18H13ClFN3O3/c19-15-10-13(20)4-7-16(15)22-17(24)11-26-18(25)12-2-5-14(6-3-12)23-9-1-8-21-23/h1-10H,11H2,(H,22,24). The SMILES string of the molecule is O=C(COC(=O)c1ccc(-n2cccn2)cc1)Nc1ccc(F)cc1Cl. The van der Waals surface area contributed by atoms with E-state index in [1.807, 2.05) is 0 Å². The zero-order valence-corrected chi connectivity index (χ0v) is 14.1. The molecule has 1 heterocycles. The lowest BCUT2D eigenvalue weighted by molar-refractivity contribution is -0.119. The van der Waals surface area contributed by atoms with E-state index >= 15 is 0 Å². The summed E-state index contributed by atoms with van der Waals surface area (Å²) in [5, 5.41) is 6.59. The molecule has 26 heavy (non-hydrogen) atoms. The van der Waals surface area contributed by atoms with Crippen molar-refractivity contribution in [2.45, 2.75) is 0 Å². The minimum Gasteiger partial charge on any atom is -0.452 e. The highest BCUT2D eigenvalue weighted by Gasteiger charge is 2.12.